The smallest absolute Gasteiger partial charge is 0.315 e. The van der Waals surface area contributed by atoms with Gasteiger partial charge in [-0.05, 0) is 12.8 Å². The first kappa shape index (κ1) is 11.7. The van der Waals surface area contributed by atoms with Crippen LogP contribution < -0.4 is 10.6 Å². The molecule has 5 heteroatoms. The van der Waals surface area contributed by atoms with Crippen molar-refractivity contribution in [1.82, 2.24) is 10.6 Å². The summed E-state index contributed by atoms with van der Waals surface area (Å²) in [5, 5.41) is 15.6. The lowest BCUT2D eigenvalue weighted by molar-refractivity contribution is 0.0291. The Morgan fingerprint density at radius 1 is 1.44 bits per heavy atom. The minimum atomic E-state index is -0.868. The second-order valence-electron chi connectivity index (χ2n) is 4.84. The van der Waals surface area contributed by atoms with Crippen LogP contribution in [0.5, 0.6) is 0 Å². The minimum Gasteiger partial charge on any atom is -0.386 e. The third-order valence-electron chi connectivity index (χ3n) is 3.35. The molecule has 2 fully saturated rings. The van der Waals surface area contributed by atoms with Crippen LogP contribution in [-0.2, 0) is 4.74 Å². The van der Waals surface area contributed by atoms with E-state index in [0.29, 0.717) is 25.7 Å². The molecule has 1 aliphatic heterocycles. The molecule has 0 aromatic carbocycles. The molecule has 1 saturated heterocycles. The van der Waals surface area contributed by atoms with E-state index >= 15 is 0 Å². The number of aliphatic hydroxyl groups is 1. The second-order valence-corrected chi connectivity index (χ2v) is 4.84. The molecular formula is C11H20N2O3. The minimum absolute atomic E-state index is 0.174. The maximum atomic E-state index is 11.5. The summed E-state index contributed by atoms with van der Waals surface area (Å²) in [6.45, 7) is 1.16. The van der Waals surface area contributed by atoms with Gasteiger partial charge >= 0.3 is 6.03 Å². The van der Waals surface area contributed by atoms with E-state index in [1.165, 1.54) is 12.8 Å². The lowest BCUT2D eigenvalue weighted by Gasteiger charge is -2.21. The van der Waals surface area contributed by atoms with Crippen LogP contribution in [0.15, 0.2) is 0 Å². The fourth-order valence-corrected chi connectivity index (χ4v) is 2.29. The molecule has 92 valence electrons. The van der Waals surface area contributed by atoms with Gasteiger partial charge in [0.1, 0.15) is 5.60 Å². The van der Waals surface area contributed by atoms with E-state index < -0.39 is 5.60 Å². The standard InChI is InChI=1S/C11H20N2O3/c14-10(13-9-3-1-2-4-9)12-7-11(15)5-6-16-8-11/h9,15H,1-8H2,(H2,12,13,14). The number of carbonyl (C=O) groups is 1. The van der Waals surface area contributed by atoms with Gasteiger partial charge in [-0.3, -0.25) is 0 Å². The number of ether oxygens (including phenoxy) is 1. The first-order valence-electron chi connectivity index (χ1n) is 6.02. The predicted molar refractivity (Wildman–Crippen MR) is 59.2 cm³/mol. The summed E-state index contributed by atoms with van der Waals surface area (Å²) < 4.78 is 5.10. The Hall–Kier alpha value is -0.810. The van der Waals surface area contributed by atoms with Gasteiger partial charge in [0.2, 0.25) is 0 Å². The molecule has 5 nitrogen and oxygen atoms in total. The maximum Gasteiger partial charge on any atom is 0.315 e. The molecular weight excluding hydrogens is 208 g/mol. The Morgan fingerprint density at radius 3 is 2.81 bits per heavy atom. The average molecular weight is 228 g/mol. The molecule has 0 bridgehead atoms. The summed E-state index contributed by atoms with van der Waals surface area (Å²) in [7, 11) is 0. The number of nitrogens with one attached hydrogen (secondary N) is 2. The van der Waals surface area contributed by atoms with Crippen LogP contribution in [0.2, 0.25) is 0 Å². The van der Waals surface area contributed by atoms with Crippen molar-refractivity contribution in [2.45, 2.75) is 43.7 Å². The van der Waals surface area contributed by atoms with Crippen molar-refractivity contribution in [3.63, 3.8) is 0 Å². The van der Waals surface area contributed by atoms with Crippen LogP contribution >= 0.6 is 0 Å². The first-order chi connectivity index (χ1) is 7.68. The average Bonchev–Trinajstić information content (AvgIpc) is 2.88. The number of rotatable bonds is 3. The Labute approximate surface area is 95.5 Å². The SMILES string of the molecule is O=C(NCC1(O)CCOC1)NC1CCCC1. The van der Waals surface area contributed by atoms with Crippen molar-refractivity contribution >= 4 is 6.03 Å². The molecule has 1 aliphatic carbocycles. The van der Waals surface area contributed by atoms with Crippen LogP contribution in [0.4, 0.5) is 4.79 Å². The van der Waals surface area contributed by atoms with Crippen LogP contribution in [0.3, 0.4) is 0 Å². The zero-order chi connectivity index (χ0) is 11.4. The summed E-state index contributed by atoms with van der Waals surface area (Å²) in [6.07, 6.45) is 5.13. The molecule has 0 aromatic rings. The fraction of sp³-hybridized carbons (Fsp3) is 0.909. The topological polar surface area (TPSA) is 70.6 Å². The lowest BCUT2D eigenvalue weighted by Crippen LogP contribution is -2.48. The van der Waals surface area contributed by atoms with Gasteiger partial charge in [-0.1, -0.05) is 12.8 Å². The Bertz CT molecular complexity index is 246. The van der Waals surface area contributed by atoms with Crippen molar-refractivity contribution in [2.75, 3.05) is 19.8 Å². The zero-order valence-electron chi connectivity index (χ0n) is 9.50. The van der Waals surface area contributed by atoms with Crippen molar-refractivity contribution in [3.05, 3.63) is 0 Å². The Balaban J connectivity index is 1.66. The molecule has 1 heterocycles. The molecule has 3 N–H and O–H groups in total. The van der Waals surface area contributed by atoms with Crippen LogP contribution in [0.1, 0.15) is 32.1 Å². The van der Waals surface area contributed by atoms with Crippen LogP contribution in [-0.4, -0.2) is 42.5 Å². The van der Waals surface area contributed by atoms with E-state index in [0.717, 1.165) is 12.8 Å². The molecule has 1 saturated carbocycles. The van der Waals surface area contributed by atoms with E-state index in [-0.39, 0.29) is 12.6 Å². The summed E-state index contributed by atoms with van der Waals surface area (Å²) >= 11 is 0. The quantitative estimate of drug-likeness (QED) is 0.654. The number of amides is 2. The molecule has 0 aromatic heterocycles. The highest BCUT2D eigenvalue weighted by Crippen LogP contribution is 2.18. The number of hydrogen-bond acceptors (Lipinski definition) is 3. The lowest BCUT2D eigenvalue weighted by atomic mass is 10.0. The van der Waals surface area contributed by atoms with E-state index in [4.69, 9.17) is 4.74 Å². The normalized spacial score (nSPS) is 30.6. The number of carbonyl (C=O) groups excluding carboxylic acids is 1. The fourth-order valence-electron chi connectivity index (χ4n) is 2.29. The highest BCUT2D eigenvalue weighted by Gasteiger charge is 2.32. The van der Waals surface area contributed by atoms with E-state index in [1.54, 1.807) is 0 Å². The third-order valence-corrected chi connectivity index (χ3v) is 3.35. The Morgan fingerprint density at radius 2 is 2.19 bits per heavy atom. The summed E-state index contributed by atoms with van der Waals surface area (Å²) in [5.41, 5.74) is -0.868. The van der Waals surface area contributed by atoms with E-state index in [1.807, 2.05) is 0 Å². The third kappa shape index (κ3) is 3.09. The van der Waals surface area contributed by atoms with Gasteiger partial charge in [0.25, 0.3) is 0 Å². The van der Waals surface area contributed by atoms with E-state index in [2.05, 4.69) is 10.6 Å². The molecule has 0 spiro atoms. The molecule has 2 aliphatic rings. The molecule has 16 heavy (non-hydrogen) atoms. The maximum absolute atomic E-state index is 11.5. The van der Waals surface area contributed by atoms with Crippen molar-refractivity contribution < 1.29 is 14.6 Å². The molecule has 1 atom stereocenters. The van der Waals surface area contributed by atoms with Crippen molar-refractivity contribution in [3.8, 4) is 0 Å². The molecule has 2 amide bonds. The molecule has 0 radical (unpaired) electrons. The van der Waals surface area contributed by atoms with Gasteiger partial charge in [-0.15, -0.1) is 0 Å². The predicted octanol–water partition coefficient (Wildman–Crippen LogP) is 0.380. The van der Waals surface area contributed by atoms with Gasteiger partial charge in [0.05, 0.1) is 13.2 Å². The van der Waals surface area contributed by atoms with Gasteiger partial charge < -0.3 is 20.5 Å². The second kappa shape index (κ2) is 5.01. The number of hydrogen-bond donors (Lipinski definition) is 3. The van der Waals surface area contributed by atoms with Crippen LogP contribution in [0, 0.1) is 0 Å². The molecule has 2 rings (SSSR count). The summed E-state index contributed by atoms with van der Waals surface area (Å²) in [6, 6.07) is 0.140. The Kier molecular flexibility index (Phi) is 3.66. The zero-order valence-corrected chi connectivity index (χ0v) is 9.50. The van der Waals surface area contributed by atoms with Gasteiger partial charge in [-0.2, -0.15) is 0 Å². The highest BCUT2D eigenvalue weighted by atomic mass is 16.5. The van der Waals surface area contributed by atoms with Gasteiger partial charge in [-0.25, -0.2) is 4.79 Å². The number of urea groups is 1. The summed E-state index contributed by atoms with van der Waals surface area (Å²) in [4.78, 5) is 11.5. The first-order valence-corrected chi connectivity index (χ1v) is 6.02. The summed E-state index contributed by atoms with van der Waals surface area (Å²) in [5.74, 6) is 0. The monoisotopic (exact) mass is 228 g/mol. The van der Waals surface area contributed by atoms with E-state index in [9.17, 15) is 9.90 Å². The van der Waals surface area contributed by atoms with Gasteiger partial charge in [0.15, 0.2) is 0 Å². The molecule has 1 unspecified atom stereocenters. The largest absolute Gasteiger partial charge is 0.386 e. The van der Waals surface area contributed by atoms with Crippen LogP contribution in [0.25, 0.3) is 0 Å². The van der Waals surface area contributed by atoms with Gasteiger partial charge in [0, 0.05) is 19.1 Å². The van der Waals surface area contributed by atoms with Crippen molar-refractivity contribution in [2.24, 2.45) is 0 Å². The van der Waals surface area contributed by atoms with Crippen molar-refractivity contribution in [1.29, 1.82) is 0 Å². The highest BCUT2D eigenvalue weighted by molar-refractivity contribution is 5.74.